The van der Waals surface area contributed by atoms with Gasteiger partial charge >= 0.3 is 11.8 Å². The molecule has 1 saturated heterocycles. The highest BCUT2D eigenvalue weighted by atomic mass is 16.5. The summed E-state index contributed by atoms with van der Waals surface area (Å²) in [6, 6.07) is 5.39. The van der Waals surface area contributed by atoms with E-state index >= 15 is 0 Å². The molecule has 0 radical (unpaired) electrons. The van der Waals surface area contributed by atoms with Gasteiger partial charge in [0.1, 0.15) is 5.75 Å². The van der Waals surface area contributed by atoms with Crippen LogP contribution in [-0.4, -0.2) is 49.4 Å². The van der Waals surface area contributed by atoms with Crippen molar-refractivity contribution in [3.8, 4) is 5.75 Å². The van der Waals surface area contributed by atoms with E-state index in [-0.39, 0.29) is 19.6 Å². The molecule has 1 aliphatic heterocycles. The van der Waals surface area contributed by atoms with Crippen molar-refractivity contribution in [2.75, 3.05) is 31.6 Å². The van der Waals surface area contributed by atoms with E-state index in [1.807, 2.05) is 13.0 Å². The van der Waals surface area contributed by atoms with Gasteiger partial charge in [-0.1, -0.05) is 6.07 Å². The molecular formula is C14H17N3O4. The molecule has 21 heavy (non-hydrogen) atoms. The van der Waals surface area contributed by atoms with Crippen molar-refractivity contribution in [2.45, 2.75) is 6.92 Å². The largest absolute Gasteiger partial charge is 0.495 e. The number of hydrogen-bond donors (Lipinski definition) is 1. The number of benzene rings is 1. The lowest BCUT2D eigenvalue weighted by Gasteiger charge is -2.33. The Kier molecular flexibility index (Phi) is 4.11. The number of anilines is 1. The summed E-state index contributed by atoms with van der Waals surface area (Å²) in [6.07, 6.45) is 0. The first-order valence-corrected chi connectivity index (χ1v) is 6.47. The molecule has 0 bridgehead atoms. The Labute approximate surface area is 122 Å². The summed E-state index contributed by atoms with van der Waals surface area (Å²) in [5, 5.41) is 0. The van der Waals surface area contributed by atoms with Crippen LogP contribution in [0.25, 0.3) is 0 Å². The van der Waals surface area contributed by atoms with Crippen molar-refractivity contribution in [3.05, 3.63) is 23.8 Å². The Morgan fingerprint density at radius 3 is 2.62 bits per heavy atom. The maximum Gasteiger partial charge on any atom is 0.316 e. The fourth-order valence-corrected chi connectivity index (χ4v) is 2.25. The summed E-state index contributed by atoms with van der Waals surface area (Å²) in [7, 11) is 1.50. The summed E-state index contributed by atoms with van der Waals surface area (Å²) in [6.45, 7) is 2.18. The molecule has 1 aromatic rings. The Bertz CT molecular complexity index is 600. The number of amides is 3. The first kappa shape index (κ1) is 14.8. The number of aryl methyl sites for hydroxylation is 1. The second-order valence-electron chi connectivity index (χ2n) is 4.83. The molecule has 1 fully saturated rings. The lowest BCUT2D eigenvalue weighted by atomic mass is 10.1. The second-order valence-corrected chi connectivity index (χ2v) is 4.83. The van der Waals surface area contributed by atoms with E-state index in [2.05, 4.69) is 0 Å². The molecule has 1 heterocycles. The molecule has 112 valence electrons. The monoisotopic (exact) mass is 291 g/mol. The molecule has 2 rings (SSSR count). The van der Waals surface area contributed by atoms with Gasteiger partial charge in [0.25, 0.3) is 0 Å². The van der Waals surface area contributed by atoms with Crippen molar-refractivity contribution < 1.29 is 19.1 Å². The number of carbonyl (C=O) groups excluding carboxylic acids is 3. The normalized spacial score (nSPS) is 15.3. The molecule has 1 aromatic carbocycles. The van der Waals surface area contributed by atoms with E-state index in [0.29, 0.717) is 11.4 Å². The molecule has 0 aliphatic carbocycles. The smallest absolute Gasteiger partial charge is 0.316 e. The van der Waals surface area contributed by atoms with Crippen molar-refractivity contribution in [3.63, 3.8) is 0 Å². The molecule has 1 aliphatic rings. The van der Waals surface area contributed by atoms with Crippen LogP contribution in [0.15, 0.2) is 18.2 Å². The van der Waals surface area contributed by atoms with Crippen LogP contribution in [0.3, 0.4) is 0 Å². The average Bonchev–Trinajstić information content (AvgIpc) is 2.44. The topological polar surface area (TPSA) is 92.9 Å². The van der Waals surface area contributed by atoms with E-state index in [1.165, 1.54) is 12.0 Å². The summed E-state index contributed by atoms with van der Waals surface area (Å²) in [5.74, 6) is -1.54. The number of methoxy groups -OCH3 is 1. The lowest BCUT2D eigenvalue weighted by Crippen LogP contribution is -2.56. The van der Waals surface area contributed by atoms with Crippen molar-refractivity contribution in [1.82, 2.24) is 4.90 Å². The number of carbonyl (C=O) groups is 3. The van der Waals surface area contributed by atoms with Gasteiger partial charge in [0, 0.05) is 13.1 Å². The van der Waals surface area contributed by atoms with Crippen LogP contribution in [0, 0.1) is 6.92 Å². The number of piperazine rings is 1. The maximum atomic E-state index is 12.2. The van der Waals surface area contributed by atoms with Crippen LogP contribution in [0.1, 0.15) is 5.56 Å². The molecule has 0 atom stereocenters. The van der Waals surface area contributed by atoms with Crippen LogP contribution in [0.4, 0.5) is 5.69 Å². The van der Waals surface area contributed by atoms with Gasteiger partial charge in [0.05, 0.1) is 19.3 Å². The third kappa shape index (κ3) is 2.96. The van der Waals surface area contributed by atoms with E-state index in [0.717, 1.165) is 10.5 Å². The fraction of sp³-hybridized carbons (Fsp3) is 0.357. The average molecular weight is 291 g/mol. The summed E-state index contributed by atoms with van der Waals surface area (Å²) < 4.78 is 5.24. The van der Waals surface area contributed by atoms with Gasteiger partial charge < -0.3 is 15.4 Å². The fourth-order valence-electron chi connectivity index (χ4n) is 2.25. The lowest BCUT2D eigenvalue weighted by molar-refractivity contribution is -0.147. The highest BCUT2D eigenvalue weighted by molar-refractivity contribution is 6.41. The van der Waals surface area contributed by atoms with Gasteiger partial charge in [0.15, 0.2) is 0 Å². The number of nitrogens with two attached hydrogens (primary N) is 1. The third-order valence-electron chi connectivity index (χ3n) is 3.28. The third-order valence-corrected chi connectivity index (χ3v) is 3.28. The first-order valence-electron chi connectivity index (χ1n) is 6.47. The Morgan fingerprint density at radius 1 is 1.29 bits per heavy atom. The number of hydrogen-bond acceptors (Lipinski definition) is 4. The minimum absolute atomic E-state index is 0.247. The molecule has 0 unspecified atom stereocenters. The van der Waals surface area contributed by atoms with Crippen LogP contribution in [0.5, 0.6) is 5.75 Å². The number of rotatable bonds is 4. The van der Waals surface area contributed by atoms with Gasteiger partial charge in [-0.3, -0.25) is 19.3 Å². The van der Waals surface area contributed by atoms with Gasteiger partial charge in [0.2, 0.25) is 5.91 Å². The van der Waals surface area contributed by atoms with E-state index in [1.54, 1.807) is 12.1 Å². The minimum Gasteiger partial charge on any atom is -0.495 e. The zero-order valence-corrected chi connectivity index (χ0v) is 12.0. The van der Waals surface area contributed by atoms with Crippen molar-refractivity contribution >= 4 is 23.4 Å². The highest BCUT2D eigenvalue weighted by Crippen LogP contribution is 2.30. The standard InChI is InChI=1S/C14H17N3O4/c1-9-3-4-11(21-2)10(7-9)17-6-5-16(8-12(15)18)13(19)14(17)20/h3-4,7H,5-6,8H2,1-2H3,(H2,15,18). The predicted molar refractivity (Wildman–Crippen MR) is 75.9 cm³/mol. The highest BCUT2D eigenvalue weighted by Gasteiger charge is 2.35. The Hall–Kier alpha value is -2.57. The van der Waals surface area contributed by atoms with E-state index in [4.69, 9.17) is 10.5 Å². The zero-order chi connectivity index (χ0) is 15.6. The summed E-state index contributed by atoms with van der Waals surface area (Å²) in [4.78, 5) is 37.7. The van der Waals surface area contributed by atoms with Crippen molar-refractivity contribution in [2.24, 2.45) is 5.73 Å². The predicted octanol–water partition coefficient (Wildman–Crippen LogP) is -0.336. The number of ether oxygens (including phenoxy) is 1. The minimum atomic E-state index is -0.733. The summed E-state index contributed by atoms with van der Waals surface area (Å²) in [5.41, 5.74) is 6.56. The van der Waals surface area contributed by atoms with Crippen molar-refractivity contribution in [1.29, 1.82) is 0 Å². The molecule has 2 N–H and O–H groups in total. The van der Waals surface area contributed by atoms with E-state index < -0.39 is 17.7 Å². The number of primary amides is 1. The van der Waals surface area contributed by atoms with Crippen LogP contribution < -0.4 is 15.4 Å². The molecule has 7 heteroatoms. The van der Waals surface area contributed by atoms with E-state index in [9.17, 15) is 14.4 Å². The Balaban J connectivity index is 2.28. The van der Waals surface area contributed by atoms with Crippen LogP contribution in [0.2, 0.25) is 0 Å². The van der Waals surface area contributed by atoms with Gasteiger partial charge in [-0.25, -0.2) is 0 Å². The molecular weight excluding hydrogens is 274 g/mol. The molecule has 0 aromatic heterocycles. The second kappa shape index (κ2) is 5.82. The summed E-state index contributed by atoms with van der Waals surface area (Å²) >= 11 is 0. The first-order chi connectivity index (χ1) is 9.93. The SMILES string of the molecule is COc1ccc(C)cc1N1CCN(CC(N)=O)C(=O)C1=O. The molecule has 3 amide bonds. The molecule has 0 spiro atoms. The van der Waals surface area contributed by atoms with Crippen LogP contribution >= 0.6 is 0 Å². The molecule has 0 saturated carbocycles. The Morgan fingerprint density at radius 2 is 2.00 bits per heavy atom. The van der Waals surface area contributed by atoms with Gasteiger partial charge in [-0.05, 0) is 24.6 Å². The maximum absolute atomic E-state index is 12.2. The number of nitrogens with zero attached hydrogens (tertiary/aromatic N) is 2. The van der Waals surface area contributed by atoms with Gasteiger partial charge in [-0.15, -0.1) is 0 Å². The zero-order valence-electron chi connectivity index (χ0n) is 12.0. The quantitative estimate of drug-likeness (QED) is 0.768. The molecule has 7 nitrogen and oxygen atoms in total. The van der Waals surface area contributed by atoms with Crippen LogP contribution in [-0.2, 0) is 14.4 Å². The van der Waals surface area contributed by atoms with Gasteiger partial charge in [-0.2, -0.15) is 0 Å².